The lowest BCUT2D eigenvalue weighted by molar-refractivity contribution is -0.133. The minimum atomic E-state index is -3.54. The van der Waals surface area contributed by atoms with Crippen LogP contribution in [0, 0.1) is 0 Å². The Morgan fingerprint density at radius 1 is 0.909 bits per heavy atom. The van der Waals surface area contributed by atoms with Gasteiger partial charge in [0.1, 0.15) is 23.4 Å². The summed E-state index contributed by atoms with van der Waals surface area (Å²) in [5.74, 6) is 2.22. The number of carbonyl (C=O) groups is 2. The zero-order valence-corrected chi connectivity index (χ0v) is 39.3. The summed E-state index contributed by atoms with van der Waals surface area (Å²) < 4.78 is 37.5. The maximum Gasteiger partial charge on any atom is 0.236 e. The largest absolute Gasteiger partial charge is 0.486 e. The third-order valence-corrected chi connectivity index (χ3v) is 16.3. The minimum absolute atomic E-state index is 0.0615. The van der Waals surface area contributed by atoms with E-state index in [1.807, 2.05) is 53.9 Å². The van der Waals surface area contributed by atoms with E-state index in [0.29, 0.717) is 92.5 Å². The van der Waals surface area contributed by atoms with E-state index in [4.69, 9.17) is 38.7 Å². The Hall–Kier alpha value is -5.53. The van der Waals surface area contributed by atoms with Gasteiger partial charge >= 0.3 is 0 Å². The molecule has 0 radical (unpaired) electrons. The number of aromatic amines is 1. The number of sulfonamides is 1. The molecule has 0 aliphatic carbocycles. The van der Waals surface area contributed by atoms with E-state index in [-0.39, 0.29) is 18.2 Å². The number of H-pyrrole nitrogens is 1. The number of piperidine rings is 2. The summed E-state index contributed by atoms with van der Waals surface area (Å²) >= 11 is 12.7. The third-order valence-electron chi connectivity index (χ3n) is 13.3. The van der Waals surface area contributed by atoms with Crippen LogP contribution in [-0.4, -0.2) is 135 Å². The Bertz CT molecular complexity index is 2810. The molecule has 3 fully saturated rings. The lowest BCUT2D eigenvalue weighted by atomic mass is 9.89. The Morgan fingerprint density at radius 2 is 1.65 bits per heavy atom. The number of aromatic nitrogens is 6. The monoisotopic (exact) mass is 956 g/mol. The van der Waals surface area contributed by atoms with E-state index >= 15 is 0 Å². The number of ether oxygens (including phenoxy) is 1. The number of hydrogen-bond acceptors (Lipinski definition) is 12. The van der Waals surface area contributed by atoms with Gasteiger partial charge in [0, 0.05) is 99.8 Å². The highest BCUT2D eigenvalue weighted by atomic mass is 35.5. The molecular weight excluding hydrogens is 904 g/mol. The number of fused-ring (bicyclic) bond motifs is 2. The number of primary amides is 1. The molecule has 2 amide bonds. The predicted molar refractivity (Wildman–Crippen MR) is 256 cm³/mol. The topological polar surface area (TPSA) is 201 Å². The normalized spacial score (nSPS) is 17.7. The summed E-state index contributed by atoms with van der Waals surface area (Å²) in [6.07, 6.45) is 7.44. The molecule has 7 heterocycles. The van der Waals surface area contributed by atoms with E-state index < -0.39 is 21.4 Å². The number of benzene rings is 2. The second-order valence-corrected chi connectivity index (χ2v) is 20.4. The summed E-state index contributed by atoms with van der Waals surface area (Å²) in [7, 11) is -1.62. The SMILES string of the molecule is C[C@@H](Oc1ccc2[nH]nc(-c3ccc(N4CCN(S(=O)(=O)C5CCN(C(=O)CN6CCC(c7ccc8c(NCCC(N)=O)nn(C)c8c7)CC6)CC5)CC4)nc3)c2c1)c1c(Cl)cncc1Cl. The summed E-state index contributed by atoms with van der Waals surface area (Å²) in [6.45, 7) is 6.94. The number of likely N-dealkylation sites (tertiary alicyclic amines) is 2. The van der Waals surface area contributed by atoms with Crippen LogP contribution >= 0.6 is 23.2 Å². The highest BCUT2D eigenvalue weighted by molar-refractivity contribution is 7.89. The first-order valence-corrected chi connectivity index (χ1v) is 24.7. The molecule has 0 bridgehead atoms. The molecule has 20 heteroatoms. The van der Waals surface area contributed by atoms with E-state index in [2.05, 4.69) is 53.6 Å². The van der Waals surface area contributed by atoms with Crippen LogP contribution in [0.25, 0.3) is 33.1 Å². The number of halogens is 2. The Morgan fingerprint density at radius 3 is 2.35 bits per heavy atom. The van der Waals surface area contributed by atoms with Crippen LogP contribution in [0.4, 0.5) is 11.6 Å². The molecule has 6 aromatic rings. The number of nitrogens with one attached hydrogen (secondary N) is 2. The molecule has 0 unspecified atom stereocenters. The number of rotatable bonds is 14. The number of aryl methyl sites for hydroxylation is 1. The predicted octanol–water partition coefficient (Wildman–Crippen LogP) is 5.96. The quantitative estimate of drug-likeness (QED) is 0.116. The molecule has 348 valence electrons. The van der Waals surface area contributed by atoms with Crippen LogP contribution < -0.4 is 20.7 Å². The Labute approximate surface area is 393 Å². The van der Waals surface area contributed by atoms with Crippen molar-refractivity contribution >= 4 is 78.5 Å². The lowest BCUT2D eigenvalue weighted by Crippen LogP contribution is -2.54. The first-order valence-electron chi connectivity index (χ1n) is 22.5. The van der Waals surface area contributed by atoms with E-state index in [9.17, 15) is 18.0 Å². The second kappa shape index (κ2) is 19.4. The number of piperazine rings is 1. The fourth-order valence-electron chi connectivity index (χ4n) is 9.54. The van der Waals surface area contributed by atoms with Gasteiger partial charge in [-0.2, -0.15) is 14.5 Å². The lowest BCUT2D eigenvalue weighted by Gasteiger charge is -2.39. The van der Waals surface area contributed by atoms with Gasteiger partial charge in [0.15, 0.2) is 5.82 Å². The molecular formula is C46H54Cl2N12O5S. The molecule has 3 aliphatic rings. The summed E-state index contributed by atoms with van der Waals surface area (Å²) in [5, 5.41) is 17.7. The number of pyridine rings is 2. The number of nitrogens with two attached hydrogens (primary N) is 1. The third kappa shape index (κ3) is 9.65. The molecule has 0 saturated carbocycles. The second-order valence-electron chi connectivity index (χ2n) is 17.4. The fraction of sp³-hybridized carbons (Fsp3) is 0.435. The van der Waals surface area contributed by atoms with Crippen molar-refractivity contribution in [2.45, 2.75) is 56.3 Å². The van der Waals surface area contributed by atoms with Gasteiger partial charge in [-0.1, -0.05) is 29.3 Å². The number of amides is 2. The smallest absolute Gasteiger partial charge is 0.236 e. The van der Waals surface area contributed by atoms with Gasteiger partial charge in [-0.3, -0.25) is 29.3 Å². The van der Waals surface area contributed by atoms with Gasteiger partial charge in [-0.25, -0.2) is 13.4 Å². The van der Waals surface area contributed by atoms with Crippen molar-refractivity contribution in [1.82, 2.24) is 44.1 Å². The maximum absolute atomic E-state index is 13.9. The molecule has 3 saturated heterocycles. The van der Waals surface area contributed by atoms with Crippen molar-refractivity contribution < 1.29 is 22.7 Å². The molecule has 17 nitrogen and oxygen atoms in total. The minimum Gasteiger partial charge on any atom is -0.486 e. The highest BCUT2D eigenvalue weighted by Gasteiger charge is 2.38. The van der Waals surface area contributed by atoms with Crippen molar-refractivity contribution in [3.05, 3.63) is 88.3 Å². The van der Waals surface area contributed by atoms with Crippen molar-refractivity contribution in [3.63, 3.8) is 0 Å². The van der Waals surface area contributed by atoms with Crippen LogP contribution in [0.3, 0.4) is 0 Å². The van der Waals surface area contributed by atoms with Crippen LogP contribution in [0.5, 0.6) is 5.75 Å². The van der Waals surface area contributed by atoms with Crippen LogP contribution in [0.2, 0.25) is 10.0 Å². The molecule has 66 heavy (non-hydrogen) atoms. The maximum atomic E-state index is 13.9. The van der Waals surface area contributed by atoms with Gasteiger partial charge < -0.3 is 25.6 Å². The van der Waals surface area contributed by atoms with Crippen molar-refractivity contribution in [3.8, 4) is 17.0 Å². The number of nitrogens with zero attached hydrogens (tertiary/aromatic N) is 9. The molecule has 4 aromatic heterocycles. The van der Waals surface area contributed by atoms with Gasteiger partial charge in [0.05, 0.1) is 32.9 Å². The average Bonchev–Trinajstić information content (AvgIpc) is 3.88. The molecule has 0 spiro atoms. The number of carbonyl (C=O) groups excluding carboxylic acids is 2. The Balaban J connectivity index is 0.728. The summed E-state index contributed by atoms with van der Waals surface area (Å²) in [5.41, 5.74) is 10.6. The summed E-state index contributed by atoms with van der Waals surface area (Å²) in [6, 6.07) is 16.0. The zero-order chi connectivity index (χ0) is 46.1. The first kappa shape index (κ1) is 45.6. The van der Waals surface area contributed by atoms with Gasteiger partial charge in [-0.05, 0) is 99.6 Å². The average molecular weight is 958 g/mol. The van der Waals surface area contributed by atoms with Crippen molar-refractivity contribution in [2.75, 3.05) is 75.7 Å². The van der Waals surface area contributed by atoms with Crippen molar-refractivity contribution in [1.29, 1.82) is 0 Å². The molecule has 3 aliphatic heterocycles. The van der Waals surface area contributed by atoms with Crippen molar-refractivity contribution in [2.24, 2.45) is 12.8 Å². The number of anilines is 2. The molecule has 9 rings (SSSR count). The highest BCUT2D eigenvalue weighted by Crippen LogP contribution is 2.36. The van der Waals surface area contributed by atoms with Gasteiger partial charge in [0.25, 0.3) is 0 Å². The molecule has 4 N–H and O–H groups in total. The standard InChI is InChI=1S/C46H54Cl2N12O5S/c1-29(44-37(47)26-50-27-38(44)48)65-33-5-7-39-36(24-33)45(54-53-39)32-4-8-42(52-25-32)58-19-21-60(22-20-58)66(63,64)34-12-17-59(18-13-34)43(62)28-57-15-10-30(11-16-57)31-3-6-35-40(23-31)56(2)55-46(35)51-14-9-41(49)61/h3-8,23-27,29-30,34H,9-22,28H2,1-2H3,(H2,49,61)(H,51,55)(H,53,54)/t29-/m1/s1. The number of hydrogen-bond donors (Lipinski definition) is 3. The van der Waals surface area contributed by atoms with Gasteiger partial charge in [-0.15, -0.1) is 0 Å². The van der Waals surface area contributed by atoms with Crippen LogP contribution in [0.1, 0.15) is 62.2 Å². The summed E-state index contributed by atoms with van der Waals surface area (Å²) in [4.78, 5) is 39.6. The van der Waals surface area contributed by atoms with E-state index in [1.54, 1.807) is 22.9 Å². The fourth-order valence-corrected chi connectivity index (χ4v) is 12.1. The van der Waals surface area contributed by atoms with Crippen LogP contribution in [0.15, 0.2) is 67.1 Å². The zero-order valence-electron chi connectivity index (χ0n) is 37.0. The molecule has 2 aromatic carbocycles. The van der Waals surface area contributed by atoms with E-state index in [1.165, 1.54) is 5.56 Å². The van der Waals surface area contributed by atoms with Gasteiger partial charge in [0.2, 0.25) is 21.8 Å². The van der Waals surface area contributed by atoms with E-state index in [0.717, 1.165) is 70.6 Å². The first-order chi connectivity index (χ1) is 31.8. The Kier molecular flexibility index (Phi) is 13.4. The molecule has 1 atom stereocenters. The van der Waals surface area contributed by atoms with Crippen LogP contribution in [-0.2, 0) is 26.7 Å².